The highest BCUT2D eigenvalue weighted by atomic mass is 19.1. The van der Waals surface area contributed by atoms with Gasteiger partial charge in [-0.25, -0.2) is 4.39 Å². The Labute approximate surface area is 72.4 Å². The van der Waals surface area contributed by atoms with Gasteiger partial charge in [0.05, 0.1) is 6.04 Å². The third-order valence-electron chi connectivity index (χ3n) is 2.21. The fourth-order valence-corrected chi connectivity index (χ4v) is 1.26. The Morgan fingerprint density at radius 1 is 1.42 bits per heavy atom. The Morgan fingerprint density at radius 3 is 2.67 bits per heavy atom. The van der Waals surface area contributed by atoms with Gasteiger partial charge in [0.2, 0.25) is 0 Å². The normalized spacial score (nSPS) is 13.0. The van der Waals surface area contributed by atoms with E-state index in [4.69, 9.17) is 5.73 Å². The Morgan fingerprint density at radius 2 is 2.08 bits per heavy atom. The minimum atomic E-state index is -0.496. The molecule has 1 atom stereocenters. The van der Waals surface area contributed by atoms with Gasteiger partial charge in [0.1, 0.15) is 6.67 Å². The first-order valence-corrected chi connectivity index (χ1v) is 4.04. The van der Waals surface area contributed by atoms with Gasteiger partial charge in [-0.2, -0.15) is 0 Å². The molecule has 0 aromatic heterocycles. The zero-order valence-electron chi connectivity index (χ0n) is 7.47. The van der Waals surface area contributed by atoms with Crippen molar-refractivity contribution in [1.29, 1.82) is 0 Å². The van der Waals surface area contributed by atoms with Crippen LogP contribution >= 0.6 is 0 Å². The fraction of sp³-hybridized carbons (Fsp3) is 0.400. The van der Waals surface area contributed by atoms with Crippen molar-refractivity contribution in [3.8, 4) is 0 Å². The average molecular weight is 167 g/mol. The van der Waals surface area contributed by atoms with Crippen LogP contribution in [0.3, 0.4) is 0 Å². The summed E-state index contributed by atoms with van der Waals surface area (Å²) in [7, 11) is 0. The van der Waals surface area contributed by atoms with Crippen LogP contribution in [-0.2, 0) is 0 Å². The summed E-state index contributed by atoms with van der Waals surface area (Å²) in [5, 5.41) is 0. The number of rotatable bonds is 2. The molecule has 1 unspecified atom stereocenters. The second-order valence-electron chi connectivity index (χ2n) is 3.05. The SMILES string of the molecule is Cc1cccc(C(N)CF)c1C. The Hall–Kier alpha value is -0.890. The highest BCUT2D eigenvalue weighted by Gasteiger charge is 2.08. The molecule has 0 fully saturated rings. The number of aryl methyl sites for hydroxylation is 1. The smallest absolute Gasteiger partial charge is 0.109 e. The lowest BCUT2D eigenvalue weighted by Crippen LogP contribution is -2.13. The highest BCUT2D eigenvalue weighted by Crippen LogP contribution is 2.18. The van der Waals surface area contributed by atoms with Crippen LogP contribution in [0, 0.1) is 13.8 Å². The van der Waals surface area contributed by atoms with Crippen LogP contribution in [0.1, 0.15) is 22.7 Å². The molecule has 0 bridgehead atoms. The minimum absolute atomic E-state index is 0.468. The van der Waals surface area contributed by atoms with Crippen molar-refractivity contribution in [2.24, 2.45) is 5.73 Å². The lowest BCUT2D eigenvalue weighted by Gasteiger charge is -2.12. The predicted molar refractivity (Wildman–Crippen MR) is 48.8 cm³/mol. The van der Waals surface area contributed by atoms with Crippen LogP contribution in [0.4, 0.5) is 4.39 Å². The molecule has 2 N–H and O–H groups in total. The van der Waals surface area contributed by atoms with E-state index >= 15 is 0 Å². The maximum Gasteiger partial charge on any atom is 0.109 e. The van der Waals surface area contributed by atoms with Crippen LogP contribution in [0.15, 0.2) is 18.2 Å². The molecular weight excluding hydrogens is 153 g/mol. The molecule has 0 aliphatic carbocycles. The van der Waals surface area contributed by atoms with E-state index in [1.54, 1.807) is 0 Å². The molecule has 0 amide bonds. The average Bonchev–Trinajstić information content (AvgIpc) is 2.08. The van der Waals surface area contributed by atoms with Crippen molar-refractivity contribution in [1.82, 2.24) is 0 Å². The lowest BCUT2D eigenvalue weighted by atomic mass is 9.99. The first-order valence-electron chi connectivity index (χ1n) is 4.04. The number of hydrogen-bond donors (Lipinski definition) is 1. The highest BCUT2D eigenvalue weighted by molar-refractivity contribution is 5.35. The maximum atomic E-state index is 12.3. The molecular formula is C10H14FN. The number of alkyl halides is 1. The van der Waals surface area contributed by atoms with Gasteiger partial charge in [-0.15, -0.1) is 0 Å². The fourth-order valence-electron chi connectivity index (χ4n) is 1.26. The van der Waals surface area contributed by atoms with E-state index < -0.39 is 12.7 Å². The van der Waals surface area contributed by atoms with Gasteiger partial charge >= 0.3 is 0 Å². The van der Waals surface area contributed by atoms with Gasteiger partial charge in [0, 0.05) is 0 Å². The Kier molecular flexibility index (Phi) is 2.82. The molecule has 0 saturated carbocycles. The van der Waals surface area contributed by atoms with Crippen molar-refractivity contribution in [2.45, 2.75) is 19.9 Å². The summed E-state index contributed by atoms with van der Waals surface area (Å²) in [5.41, 5.74) is 8.77. The molecule has 1 rings (SSSR count). The van der Waals surface area contributed by atoms with Crippen molar-refractivity contribution in [2.75, 3.05) is 6.67 Å². The van der Waals surface area contributed by atoms with Gasteiger partial charge in [0.15, 0.2) is 0 Å². The lowest BCUT2D eigenvalue weighted by molar-refractivity contribution is 0.436. The van der Waals surface area contributed by atoms with E-state index in [9.17, 15) is 4.39 Å². The predicted octanol–water partition coefficient (Wildman–Crippen LogP) is 2.27. The molecule has 0 spiro atoms. The molecule has 0 aliphatic rings. The molecule has 2 heteroatoms. The van der Waals surface area contributed by atoms with E-state index in [0.717, 1.165) is 16.7 Å². The van der Waals surface area contributed by atoms with Gasteiger partial charge in [-0.05, 0) is 30.5 Å². The summed E-state index contributed by atoms with van der Waals surface area (Å²) in [4.78, 5) is 0. The molecule has 1 nitrogen and oxygen atoms in total. The monoisotopic (exact) mass is 167 g/mol. The quantitative estimate of drug-likeness (QED) is 0.718. The second-order valence-corrected chi connectivity index (χ2v) is 3.05. The van der Waals surface area contributed by atoms with Crippen LogP contribution in [0.2, 0.25) is 0 Å². The van der Waals surface area contributed by atoms with Crippen molar-refractivity contribution in [3.63, 3.8) is 0 Å². The standard InChI is InChI=1S/C10H14FN/c1-7-4-3-5-9(8(7)2)10(12)6-11/h3-5,10H,6,12H2,1-2H3. The van der Waals surface area contributed by atoms with Gasteiger partial charge in [0.25, 0.3) is 0 Å². The summed E-state index contributed by atoms with van der Waals surface area (Å²) >= 11 is 0. The molecule has 1 aromatic rings. The topological polar surface area (TPSA) is 26.0 Å². The van der Waals surface area contributed by atoms with Gasteiger partial charge < -0.3 is 5.73 Å². The van der Waals surface area contributed by atoms with Gasteiger partial charge in [-0.3, -0.25) is 0 Å². The Bertz CT molecular complexity index is 271. The van der Waals surface area contributed by atoms with E-state index in [-0.39, 0.29) is 0 Å². The number of nitrogens with two attached hydrogens (primary N) is 1. The molecule has 12 heavy (non-hydrogen) atoms. The molecule has 0 radical (unpaired) electrons. The summed E-state index contributed by atoms with van der Waals surface area (Å²) in [6.07, 6.45) is 0. The van der Waals surface area contributed by atoms with Crippen molar-refractivity contribution in [3.05, 3.63) is 34.9 Å². The zero-order chi connectivity index (χ0) is 9.14. The second kappa shape index (κ2) is 3.68. The van der Waals surface area contributed by atoms with Crippen molar-refractivity contribution >= 4 is 0 Å². The number of hydrogen-bond acceptors (Lipinski definition) is 1. The first kappa shape index (κ1) is 9.20. The number of benzene rings is 1. The van der Waals surface area contributed by atoms with Crippen LogP contribution < -0.4 is 5.73 Å². The molecule has 0 saturated heterocycles. The van der Waals surface area contributed by atoms with Crippen LogP contribution in [-0.4, -0.2) is 6.67 Å². The molecule has 66 valence electrons. The molecule has 1 aromatic carbocycles. The van der Waals surface area contributed by atoms with Gasteiger partial charge in [-0.1, -0.05) is 18.2 Å². The van der Waals surface area contributed by atoms with E-state index in [2.05, 4.69) is 0 Å². The van der Waals surface area contributed by atoms with E-state index in [1.165, 1.54) is 0 Å². The molecule has 0 aliphatic heterocycles. The van der Waals surface area contributed by atoms with Crippen LogP contribution in [0.25, 0.3) is 0 Å². The largest absolute Gasteiger partial charge is 0.322 e. The molecule has 0 heterocycles. The summed E-state index contributed by atoms with van der Waals surface area (Å²) in [5.74, 6) is 0. The van der Waals surface area contributed by atoms with E-state index in [1.807, 2.05) is 32.0 Å². The summed E-state index contributed by atoms with van der Waals surface area (Å²) in [6, 6.07) is 5.33. The van der Waals surface area contributed by atoms with E-state index in [0.29, 0.717) is 0 Å². The van der Waals surface area contributed by atoms with Crippen LogP contribution in [0.5, 0.6) is 0 Å². The number of halogens is 1. The maximum absolute atomic E-state index is 12.3. The summed E-state index contributed by atoms with van der Waals surface area (Å²) in [6.45, 7) is 3.48. The summed E-state index contributed by atoms with van der Waals surface area (Å²) < 4.78 is 12.3. The van der Waals surface area contributed by atoms with Crippen molar-refractivity contribution < 1.29 is 4.39 Å². The third-order valence-corrected chi connectivity index (χ3v) is 2.21. The Balaban J connectivity index is 3.07. The zero-order valence-corrected chi connectivity index (χ0v) is 7.47. The minimum Gasteiger partial charge on any atom is -0.322 e. The third kappa shape index (κ3) is 1.64. The first-order chi connectivity index (χ1) is 5.66.